The molecule has 14 heavy (non-hydrogen) atoms. The van der Waals surface area contributed by atoms with Gasteiger partial charge in [-0.1, -0.05) is 0 Å². The molecule has 1 saturated heterocycles. The van der Waals surface area contributed by atoms with Crippen molar-refractivity contribution in [3.05, 3.63) is 12.5 Å². The average molecular weight is 194 g/mol. The molecule has 0 saturated carbocycles. The fourth-order valence-electron chi connectivity index (χ4n) is 1.68. The van der Waals surface area contributed by atoms with E-state index in [0.29, 0.717) is 5.69 Å². The van der Waals surface area contributed by atoms with Gasteiger partial charge in [0, 0.05) is 13.1 Å². The lowest BCUT2D eigenvalue weighted by molar-refractivity contribution is 0.145. The van der Waals surface area contributed by atoms with Gasteiger partial charge >= 0.3 is 0 Å². The molecule has 2 rings (SSSR count). The molecule has 1 aromatic heterocycles. The van der Waals surface area contributed by atoms with Crippen molar-refractivity contribution in [2.75, 3.05) is 23.7 Å². The molecule has 1 aromatic rings. The number of aliphatic hydroxyl groups excluding tert-OH is 1. The summed E-state index contributed by atoms with van der Waals surface area (Å²) in [7, 11) is 0. The minimum atomic E-state index is -0.172. The van der Waals surface area contributed by atoms with Crippen LogP contribution in [-0.2, 0) is 0 Å². The van der Waals surface area contributed by atoms with E-state index in [-0.39, 0.29) is 6.10 Å². The van der Waals surface area contributed by atoms with Crippen molar-refractivity contribution in [2.45, 2.75) is 18.9 Å². The van der Waals surface area contributed by atoms with Gasteiger partial charge in [0.25, 0.3) is 0 Å². The van der Waals surface area contributed by atoms with Crippen LogP contribution in [0.1, 0.15) is 12.8 Å². The maximum Gasteiger partial charge on any atom is 0.155 e. The van der Waals surface area contributed by atoms with Crippen molar-refractivity contribution >= 4 is 11.5 Å². The number of piperidine rings is 1. The Morgan fingerprint density at radius 3 is 2.79 bits per heavy atom. The fourth-order valence-corrected chi connectivity index (χ4v) is 1.68. The summed E-state index contributed by atoms with van der Waals surface area (Å²) >= 11 is 0. The molecule has 5 heteroatoms. The van der Waals surface area contributed by atoms with Crippen LogP contribution >= 0.6 is 0 Å². The second-order valence-corrected chi connectivity index (χ2v) is 3.52. The highest BCUT2D eigenvalue weighted by atomic mass is 16.3. The van der Waals surface area contributed by atoms with Crippen molar-refractivity contribution < 1.29 is 5.11 Å². The molecule has 0 aromatic carbocycles. The van der Waals surface area contributed by atoms with Crippen molar-refractivity contribution in [3.8, 4) is 0 Å². The van der Waals surface area contributed by atoms with E-state index in [1.807, 2.05) is 0 Å². The Bertz CT molecular complexity index is 309. The van der Waals surface area contributed by atoms with E-state index >= 15 is 0 Å². The smallest absolute Gasteiger partial charge is 0.155 e. The molecule has 76 valence electrons. The van der Waals surface area contributed by atoms with Crippen LogP contribution in [0.4, 0.5) is 11.5 Å². The summed E-state index contributed by atoms with van der Waals surface area (Å²) in [5.41, 5.74) is 6.36. The van der Waals surface area contributed by atoms with Crippen LogP contribution in [-0.4, -0.2) is 34.3 Å². The molecule has 0 amide bonds. The Balaban J connectivity index is 2.12. The number of nitrogens with two attached hydrogens (primary N) is 1. The predicted octanol–water partition coefficient (Wildman–Crippen LogP) is 0.0199. The van der Waals surface area contributed by atoms with E-state index in [9.17, 15) is 5.11 Å². The Kier molecular flexibility index (Phi) is 2.49. The van der Waals surface area contributed by atoms with Gasteiger partial charge in [-0.05, 0) is 12.8 Å². The van der Waals surface area contributed by atoms with Gasteiger partial charge in [0.2, 0.25) is 0 Å². The first-order valence-corrected chi connectivity index (χ1v) is 4.76. The number of hydrogen-bond donors (Lipinski definition) is 2. The molecular weight excluding hydrogens is 180 g/mol. The van der Waals surface area contributed by atoms with Gasteiger partial charge < -0.3 is 15.7 Å². The summed E-state index contributed by atoms with van der Waals surface area (Å²) < 4.78 is 0. The summed E-state index contributed by atoms with van der Waals surface area (Å²) in [6.07, 6.45) is 4.49. The third kappa shape index (κ3) is 1.77. The Morgan fingerprint density at radius 1 is 1.43 bits per heavy atom. The zero-order chi connectivity index (χ0) is 9.97. The molecule has 1 aliphatic heterocycles. The van der Waals surface area contributed by atoms with Crippen LogP contribution in [0.25, 0.3) is 0 Å². The minimum Gasteiger partial charge on any atom is -0.394 e. The molecular formula is C9H14N4O. The van der Waals surface area contributed by atoms with Crippen molar-refractivity contribution in [1.29, 1.82) is 0 Å². The highest BCUT2D eigenvalue weighted by Gasteiger charge is 2.19. The summed E-state index contributed by atoms with van der Waals surface area (Å²) in [4.78, 5) is 10.1. The van der Waals surface area contributed by atoms with Crippen LogP contribution in [0.5, 0.6) is 0 Å². The zero-order valence-electron chi connectivity index (χ0n) is 7.93. The first-order chi connectivity index (χ1) is 6.77. The van der Waals surface area contributed by atoms with E-state index in [1.54, 1.807) is 6.20 Å². The molecule has 0 bridgehead atoms. The molecule has 2 heterocycles. The van der Waals surface area contributed by atoms with E-state index in [0.717, 1.165) is 31.7 Å². The second-order valence-electron chi connectivity index (χ2n) is 3.52. The number of nitrogens with zero attached hydrogens (tertiary/aromatic N) is 3. The quantitative estimate of drug-likeness (QED) is 0.659. The molecule has 0 spiro atoms. The van der Waals surface area contributed by atoms with Gasteiger partial charge in [-0.25, -0.2) is 9.97 Å². The number of rotatable bonds is 1. The first kappa shape index (κ1) is 9.21. The fraction of sp³-hybridized carbons (Fsp3) is 0.556. The summed E-state index contributed by atoms with van der Waals surface area (Å²) in [5.74, 6) is 0.784. The summed E-state index contributed by atoms with van der Waals surface area (Å²) in [6.45, 7) is 1.62. The maximum atomic E-state index is 9.35. The van der Waals surface area contributed by atoms with Crippen molar-refractivity contribution in [1.82, 2.24) is 9.97 Å². The SMILES string of the molecule is Nc1cncnc1N1CCC(O)CC1. The second kappa shape index (κ2) is 3.79. The molecule has 0 aliphatic carbocycles. The van der Waals surface area contributed by atoms with E-state index in [4.69, 9.17) is 5.73 Å². The average Bonchev–Trinajstić information content (AvgIpc) is 2.20. The van der Waals surface area contributed by atoms with Crippen LogP contribution in [0.3, 0.4) is 0 Å². The molecule has 0 unspecified atom stereocenters. The van der Waals surface area contributed by atoms with Crippen LogP contribution in [0.15, 0.2) is 12.5 Å². The number of aromatic nitrogens is 2. The summed E-state index contributed by atoms with van der Waals surface area (Å²) in [5, 5.41) is 9.35. The predicted molar refractivity (Wildman–Crippen MR) is 53.9 cm³/mol. The topological polar surface area (TPSA) is 75.3 Å². The zero-order valence-corrected chi connectivity index (χ0v) is 7.93. The Hall–Kier alpha value is -1.36. The standard InChI is InChI=1S/C9H14N4O/c10-8-5-11-6-12-9(8)13-3-1-7(14)2-4-13/h5-7,14H,1-4,10H2. The molecule has 5 nitrogen and oxygen atoms in total. The minimum absolute atomic E-state index is 0.172. The number of aliphatic hydroxyl groups is 1. The largest absolute Gasteiger partial charge is 0.394 e. The highest BCUT2D eigenvalue weighted by Crippen LogP contribution is 2.22. The number of hydrogen-bond acceptors (Lipinski definition) is 5. The monoisotopic (exact) mass is 194 g/mol. The van der Waals surface area contributed by atoms with E-state index in [1.165, 1.54) is 6.33 Å². The lowest BCUT2D eigenvalue weighted by atomic mass is 10.1. The van der Waals surface area contributed by atoms with Gasteiger partial charge in [-0.3, -0.25) is 0 Å². The van der Waals surface area contributed by atoms with Gasteiger partial charge in [-0.15, -0.1) is 0 Å². The van der Waals surface area contributed by atoms with Crippen LogP contribution in [0, 0.1) is 0 Å². The third-order valence-electron chi connectivity index (χ3n) is 2.48. The van der Waals surface area contributed by atoms with E-state index < -0.39 is 0 Å². The normalized spacial score (nSPS) is 18.5. The molecule has 3 N–H and O–H groups in total. The maximum absolute atomic E-state index is 9.35. The molecule has 0 radical (unpaired) electrons. The summed E-state index contributed by atoms with van der Waals surface area (Å²) in [6, 6.07) is 0. The Labute approximate surface area is 82.6 Å². The Morgan fingerprint density at radius 2 is 2.14 bits per heavy atom. The van der Waals surface area contributed by atoms with Gasteiger partial charge in [0.05, 0.1) is 18.0 Å². The number of nitrogen functional groups attached to an aromatic ring is 1. The third-order valence-corrected chi connectivity index (χ3v) is 2.48. The van der Waals surface area contributed by atoms with Crippen LogP contribution in [0.2, 0.25) is 0 Å². The first-order valence-electron chi connectivity index (χ1n) is 4.76. The number of anilines is 2. The molecule has 0 atom stereocenters. The van der Waals surface area contributed by atoms with Gasteiger partial charge in [-0.2, -0.15) is 0 Å². The van der Waals surface area contributed by atoms with Crippen molar-refractivity contribution in [3.63, 3.8) is 0 Å². The molecule has 1 fully saturated rings. The van der Waals surface area contributed by atoms with E-state index in [2.05, 4.69) is 14.9 Å². The van der Waals surface area contributed by atoms with Gasteiger partial charge in [0.1, 0.15) is 6.33 Å². The molecule has 1 aliphatic rings. The lowest BCUT2D eigenvalue weighted by Gasteiger charge is -2.30. The lowest BCUT2D eigenvalue weighted by Crippen LogP contribution is -2.36. The van der Waals surface area contributed by atoms with Crippen LogP contribution < -0.4 is 10.6 Å². The van der Waals surface area contributed by atoms with Gasteiger partial charge in [0.15, 0.2) is 5.82 Å². The highest BCUT2D eigenvalue weighted by molar-refractivity contribution is 5.60. The van der Waals surface area contributed by atoms with Crippen molar-refractivity contribution in [2.24, 2.45) is 0 Å².